The van der Waals surface area contributed by atoms with Crippen molar-refractivity contribution in [2.45, 2.75) is 51.6 Å². The van der Waals surface area contributed by atoms with Crippen LogP contribution in [0.25, 0.3) is 0 Å². The second kappa shape index (κ2) is 6.70. The summed E-state index contributed by atoms with van der Waals surface area (Å²) < 4.78 is 1.74. The van der Waals surface area contributed by atoms with Gasteiger partial charge in [0.25, 0.3) is 5.56 Å². The quantitative estimate of drug-likeness (QED) is 0.844. The van der Waals surface area contributed by atoms with Crippen LogP contribution < -0.4 is 10.5 Å². The maximum absolute atomic E-state index is 12.4. The van der Waals surface area contributed by atoms with Gasteiger partial charge >= 0.3 is 0 Å². The van der Waals surface area contributed by atoms with Gasteiger partial charge in [-0.25, -0.2) is 4.98 Å². The standard InChI is InChI=1S/C14H23N3O2/c1-2-8-16-10-7-15-13(14(16)19)17-9-3-5-12(17)6-4-11-18/h7,10,12,18H,2-6,8-9,11H2,1H3. The van der Waals surface area contributed by atoms with Crippen LogP contribution in [-0.2, 0) is 6.54 Å². The van der Waals surface area contributed by atoms with Gasteiger partial charge in [-0.15, -0.1) is 0 Å². The van der Waals surface area contributed by atoms with Crippen LogP contribution in [0.5, 0.6) is 0 Å². The van der Waals surface area contributed by atoms with Crippen LogP contribution >= 0.6 is 0 Å². The highest BCUT2D eigenvalue weighted by Crippen LogP contribution is 2.24. The van der Waals surface area contributed by atoms with Crippen LogP contribution in [0.3, 0.4) is 0 Å². The Morgan fingerprint density at radius 2 is 2.37 bits per heavy atom. The van der Waals surface area contributed by atoms with E-state index in [1.165, 1.54) is 0 Å². The van der Waals surface area contributed by atoms with E-state index in [1.807, 2.05) is 0 Å². The minimum atomic E-state index is 0.0141. The zero-order chi connectivity index (χ0) is 13.7. The number of aromatic nitrogens is 2. The first-order chi connectivity index (χ1) is 9.27. The van der Waals surface area contributed by atoms with Gasteiger partial charge < -0.3 is 14.6 Å². The first kappa shape index (κ1) is 14.1. The topological polar surface area (TPSA) is 58.4 Å². The minimum Gasteiger partial charge on any atom is -0.396 e. The maximum atomic E-state index is 12.4. The average molecular weight is 265 g/mol. The van der Waals surface area contributed by atoms with Crippen LogP contribution in [-0.4, -0.2) is 33.9 Å². The van der Waals surface area contributed by atoms with Gasteiger partial charge in [0.2, 0.25) is 0 Å². The molecule has 0 bridgehead atoms. The Kier molecular flexibility index (Phi) is 4.96. The van der Waals surface area contributed by atoms with Crippen molar-refractivity contribution in [3.8, 4) is 0 Å². The molecule has 0 aromatic carbocycles. The Hall–Kier alpha value is -1.36. The normalized spacial score (nSPS) is 19.1. The Labute approximate surface area is 113 Å². The highest BCUT2D eigenvalue weighted by atomic mass is 16.3. The zero-order valence-electron chi connectivity index (χ0n) is 11.6. The number of hydrogen-bond donors (Lipinski definition) is 1. The van der Waals surface area contributed by atoms with Gasteiger partial charge in [-0.1, -0.05) is 6.92 Å². The fourth-order valence-electron chi connectivity index (χ4n) is 2.79. The molecule has 1 N–H and O–H groups in total. The number of aliphatic hydroxyl groups is 1. The van der Waals surface area contributed by atoms with Crippen molar-refractivity contribution in [2.24, 2.45) is 0 Å². The molecule has 0 aliphatic carbocycles. The lowest BCUT2D eigenvalue weighted by Crippen LogP contribution is -2.36. The molecule has 19 heavy (non-hydrogen) atoms. The van der Waals surface area contributed by atoms with Crippen LogP contribution in [0.1, 0.15) is 39.0 Å². The van der Waals surface area contributed by atoms with Crippen molar-refractivity contribution in [1.82, 2.24) is 9.55 Å². The van der Waals surface area contributed by atoms with Gasteiger partial charge in [-0.3, -0.25) is 4.79 Å². The predicted octanol–water partition coefficient (Wildman–Crippen LogP) is 1.39. The van der Waals surface area contributed by atoms with E-state index >= 15 is 0 Å². The summed E-state index contributed by atoms with van der Waals surface area (Å²) in [5.41, 5.74) is 0.0141. The molecule has 1 aromatic heterocycles. The van der Waals surface area contributed by atoms with Crippen molar-refractivity contribution >= 4 is 5.82 Å². The van der Waals surface area contributed by atoms with E-state index in [1.54, 1.807) is 17.0 Å². The molecule has 2 heterocycles. The van der Waals surface area contributed by atoms with Crippen molar-refractivity contribution in [2.75, 3.05) is 18.1 Å². The first-order valence-electron chi connectivity index (χ1n) is 7.21. The molecule has 106 valence electrons. The second-order valence-electron chi connectivity index (χ2n) is 5.10. The number of aryl methyl sites for hydroxylation is 1. The Morgan fingerprint density at radius 1 is 1.53 bits per heavy atom. The number of hydrogen-bond acceptors (Lipinski definition) is 4. The molecule has 0 spiro atoms. The van der Waals surface area contributed by atoms with Gasteiger partial charge in [0.05, 0.1) is 0 Å². The van der Waals surface area contributed by atoms with E-state index in [0.29, 0.717) is 11.9 Å². The van der Waals surface area contributed by atoms with E-state index in [4.69, 9.17) is 5.11 Å². The third-order valence-corrected chi connectivity index (χ3v) is 3.70. The molecule has 0 radical (unpaired) electrons. The highest BCUT2D eigenvalue weighted by molar-refractivity contribution is 5.38. The number of nitrogens with zero attached hydrogens (tertiary/aromatic N) is 3. The van der Waals surface area contributed by atoms with Gasteiger partial charge in [0.1, 0.15) is 0 Å². The SMILES string of the molecule is CCCn1ccnc(N2CCCC2CCCO)c1=O. The molecule has 0 saturated carbocycles. The van der Waals surface area contributed by atoms with Crippen LogP contribution in [0.4, 0.5) is 5.82 Å². The summed E-state index contributed by atoms with van der Waals surface area (Å²) in [5, 5.41) is 8.95. The summed E-state index contributed by atoms with van der Waals surface area (Å²) in [5.74, 6) is 0.580. The summed E-state index contributed by atoms with van der Waals surface area (Å²) in [7, 11) is 0. The molecule has 1 aliphatic rings. The minimum absolute atomic E-state index is 0.0141. The lowest BCUT2D eigenvalue weighted by atomic mass is 10.1. The summed E-state index contributed by atoms with van der Waals surface area (Å²) in [6.07, 6.45) is 8.32. The molecular formula is C14H23N3O2. The molecule has 1 aromatic rings. The predicted molar refractivity (Wildman–Crippen MR) is 75.5 cm³/mol. The number of rotatable bonds is 6. The number of aliphatic hydroxyl groups excluding tert-OH is 1. The summed E-state index contributed by atoms with van der Waals surface area (Å²) in [6, 6.07) is 0.352. The lowest BCUT2D eigenvalue weighted by Gasteiger charge is -2.25. The van der Waals surface area contributed by atoms with Crippen molar-refractivity contribution in [1.29, 1.82) is 0 Å². The zero-order valence-corrected chi connectivity index (χ0v) is 11.6. The molecule has 2 rings (SSSR count). The second-order valence-corrected chi connectivity index (χ2v) is 5.10. The summed E-state index contributed by atoms with van der Waals surface area (Å²) >= 11 is 0. The maximum Gasteiger partial charge on any atom is 0.293 e. The molecule has 1 saturated heterocycles. The van der Waals surface area contributed by atoms with Crippen molar-refractivity contribution in [3.05, 3.63) is 22.7 Å². The highest BCUT2D eigenvalue weighted by Gasteiger charge is 2.27. The third kappa shape index (κ3) is 3.15. The summed E-state index contributed by atoms with van der Waals surface area (Å²) in [4.78, 5) is 18.8. The molecule has 1 atom stereocenters. The molecular weight excluding hydrogens is 242 g/mol. The van der Waals surface area contributed by atoms with Gasteiger partial charge in [0.15, 0.2) is 5.82 Å². The third-order valence-electron chi connectivity index (χ3n) is 3.70. The largest absolute Gasteiger partial charge is 0.396 e. The van der Waals surface area contributed by atoms with Crippen LogP contribution in [0.2, 0.25) is 0 Å². The Morgan fingerprint density at radius 3 is 3.11 bits per heavy atom. The van der Waals surface area contributed by atoms with E-state index in [9.17, 15) is 4.79 Å². The molecule has 5 nitrogen and oxygen atoms in total. The first-order valence-corrected chi connectivity index (χ1v) is 7.21. The smallest absolute Gasteiger partial charge is 0.293 e. The van der Waals surface area contributed by atoms with E-state index < -0.39 is 0 Å². The number of anilines is 1. The van der Waals surface area contributed by atoms with Crippen LogP contribution in [0.15, 0.2) is 17.2 Å². The monoisotopic (exact) mass is 265 g/mol. The Balaban J connectivity index is 2.20. The van der Waals surface area contributed by atoms with Crippen LogP contribution in [0, 0.1) is 0 Å². The van der Waals surface area contributed by atoms with E-state index in [0.717, 1.165) is 45.2 Å². The molecule has 0 amide bonds. The Bertz CT molecular complexity index is 458. The molecule has 1 fully saturated rings. The average Bonchev–Trinajstić information content (AvgIpc) is 2.87. The van der Waals surface area contributed by atoms with E-state index in [2.05, 4.69) is 16.8 Å². The van der Waals surface area contributed by atoms with Gasteiger partial charge in [-0.2, -0.15) is 0 Å². The fraction of sp³-hybridized carbons (Fsp3) is 0.714. The summed E-state index contributed by atoms with van der Waals surface area (Å²) in [6.45, 7) is 3.91. The van der Waals surface area contributed by atoms with Gasteiger partial charge in [-0.05, 0) is 32.1 Å². The van der Waals surface area contributed by atoms with E-state index in [-0.39, 0.29) is 12.2 Å². The molecule has 1 unspecified atom stereocenters. The van der Waals surface area contributed by atoms with Crippen molar-refractivity contribution in [3.63, 3.8) is 0 Å². The lowest BCUT2D eigenvalue weighted by molar-refractivity contribution is 0.279. The molecule has 1 aliphatic heterocycles. The van der Waals surface area contributed by atoms with Gasteiger partial charge in [0, 0.05) is 38.1 Å². The fourth-order valence-corrected chi connectivity index (χ4v) is 2.79. The molecule has 5 heteroatoms. The van der Waals surface area contributed by atoms with Crippen molar-refractivity contribution < 1.29 is 5.11 Å².